The average molecular weight is 370 g/mol. The van der Waals surface area contributed by atoms with E-state index in [1.54, 1.807) is 22.9 Å². The van der Waals surface area contributed by atoms with E-state index in [9.17, 15) is 9.90 Å². The Kier molecular flexibility index (Phi) is 3.65. The van der Waals surface area contributed by atoms with Gasteiger partial charge in [0.1, 0.15) is 0 Å². The van der Waals surface area contributed by atoms with E-state index in [2.05, 4.69) is 10.2 Å². The van der Waals surface area contributed by atoms with Crippen LogP contribution in [0.5, 0.6) is 5.88 Å². The third kappa shape index (κ3) is 2.44. The van der Waals surface area contributed by atoms with Gasteiger partial charge in [-0.3, -0.25) is 4.40 Å². The Bertz CT molecular complexity index is 1370. The molecule has 0 aliphatic carbocycles. The molecule has 7 heteroatoms. The number of hydrogen-bond acceptors (Lipinski definition) is 4. The molecule has 1 aromatic carbocycles. The van der Waals surface area contributed by atoms with Crippen molar-refractivity contribution < 1.29 is 9.67 Å². The standard InChI is InChI=1S/C21H15N5O2/c27-20-19(15-8-2-1-3-9-15)21(28)26(18-11-5-7-13-25(18)20)14-17-23-22-16-10-4-6-12-24(16)17/h1-13H,14H2/p+1. The molecule has 28 heavy (non-hydrogen) atoms. The molecule has 0 radical (unpaired) electrons. The maximum atomic E-state index is 13.1. The minimum atomic E-state index is -0.276. The number of benzene rings is 1. The van der Waals surface area contributed by atoms with Crippen molar-refractivity contribution in [2.24, 2.45) is 0 Å². The van der Waals surface area contributed by atoms with Gasteiger partial charge in [0.2, 0.25) is 0 Å². The predicted molar refractivity (Wildman–Crippen MR) is 103 cm³/mol. The highest BCUT2D eigenvalue weighted by molar-refractivity contribution is 5.66. The molecule has 0 unspecified atom stereocenters. The lowest BCUT2D eigenvalue weighted by molar-refractivity contribution is -0.672. The molecular formula is C21H16N5O2+. The zero-order valence-corrected chi connectivity index (χ0v) is 14.8. The van der Waals surface area contributed by atoms with Gasteiger partial charge in [-0.25, -0.2) is 4.79 Å². The molecule has 4 aromatic heterocycles. The number of aromatic nitrogens is 5. The third-order valence-electron chi connectivity index (χ3n) is 4.77. The zero-order chi connectivity index (χ0) is 19.1. The van der Waals surface area contributed by atoms with Gasteiger partial charge in [-0.1, -0.05) is 42.5 Å². The molecule has 136 valence electrons. The molecule has 0 spiro atoms. The summed E-state index contributed by atoms with van der Waals surface area (Å²) in [5.41, 5.74) is 1.92. The molecule has 5 aromatic rings. The van der Waals surface area contributed by atoms with Crippen LogP contribution in [-0.2, 0) is 6.54 Å². The maximum absolute atomic E-state index is 13.1. The largest absolute Gasteiger partial charge is 0.477 e. The van der Waals surface area contributed by atoms with Crippen LogP contribution in [0.2, 0.25) is 0 Å². The molecule has 0 aliphatic heterocycles. The third-order valence-corrected chi connectivity index (χ3v) is 4.77. The summed E-state index contributed by atoms with van der Waals surface area (Å²) >= 11 is 0. The van der Waals surface area contributed by atoms with Crippen molar-refractivity contribution in [2.75, 3.05) is 0 Å². The summed E-state index contributed by atoms with van der Waals surface area (Å²) in [5, 5.41) is 19.5. The van der Waals surface area contributed by atoms with Crippen molar-refractivity contribution in [3.63, 3.8) is 0 Å². The number of fused-ring (bicyclic) bond motifs is 2. The van der Waals surface area contributed by atoms with Gasteiger partial charge in [-0.05, 0) is 23.8 Å². The molecule has 0 saturated heterocycles. The topological polar surface area (TPSA) is 75.8 Å². The smallest absolute Gasteiger partial charge is 0.354 e. The van der Waals surface area contributed by atoms with Crippen molar-refractivity contribution in [1.82, 2.24) is 19.0 Å². The van der Waals surface area contributed by atoms with Crippen LogP contribution in [0.1, 0.15) is 5.82 Å². The Morgan fingerprint density at radius 2 is 1.57 bits per heavy atom. The lowest BCUT2D eigenvalue weighted by atomic mass is 10.1. The normalized spacial score (nSPS) is 11.3. The summed E-state index contributed by atoms with van der Waals surface area (Å²) in [4.78, 5) is 13.1. The average Bonchev–Trinajstić information content (AvgIpc) is 3.15. The van der Waals surface area contributed by atoms with Crippen molar-refractivity contribution in [1.29, 1.82) is 0 Å². The van der Waals surface area contributed by atoms with Crippen LogP contribution in [0, 0.1) is 0 Å². The minimum Gasteiger partial charge on any atom is -0.477 e. The first kappa shape index (κ1) is 16.2. The van der Waals surface area contributed by atoms with Gasteiger partial charge in [-0.2, -0.15) is 8.97 Å². The molecule has 0 fully saturated rings. The Morgan fingerprint density at radius 3 is 2.39 bits per heavy atom. The molecular weight excluding hydrogens is 354 g/mol. The van der Waals surface area contributed by atoms with Crippen molar-refractivity contribution in [2.45, 2.75) is 6.54 Å². The van der Waals surface area contributed by atoms with Crippen LogP contribution in [0.3, 0.4) is 0 Å². The number of nitrogens with zero attached hydrogens (tertiary/aromatic N) is 5. The van der Waals surface area contributed by atoms with Gasteiger partial charge in [0, 0.05) is 12.3 Å². The molecule has 0 amide bonds. The first-order valence-corrected chi connectivity index (χ1v) is 8.84. The SMILES string of the molecule is O=c1c(-c2ccccc2)c(O)[n+](Cc2nnc3ccccn23)c2ccccn12. The number of hydrogen-bond donors (Lipinski definition) is 1. The van der Waals surface area contributed by atoms with E-state index in [1.807, 2.05) is 65.2 Å². The van der Waals surface area contributed by atoms with Crippen molar-refractivity contribution >= 4 is 11.3 Å². The van der Waals surface area contributed by atoms with Gasteiger partial charge in [-0.15, -0.1) is 10.2 Å². The highest BCUT2D eigenvalue weighted by atomic mass is 16.3. The molecule has 4 heterocycles. The lowest BCUT2D eigenvalue weighted by Crippen LogP contribution is -2.42. The molecule has 0 atom stereocenters. The molecule has 0 aliphatic rings. The Labute approximate surface area is 159 Å². The van der Waals surface area contributed by atoms with Crippen LogP contribution < -0.4 is 10.1 Å². The summed E-state index contributed by atoms with van der Waals surface area (Å²) < 4.78 is 5.07. The molecule has 7 nitrogen and oxygen atoms in total. The minimum absolute atomic E-state index is 0.102. The molecule has 1 N–H and O–H groups in total. The van der Waals surface area contributed by atoms with Gasteiger partial charge >= 0.3 is 5.56 Å². The second-order valence-corrected chi connectivity index (χ2v) is 6.43. The van der Waals surface area contributed by atoms with Gasteiger partial charge in [0.05, 0.1) is 6.20 Å². The van der Waals surface area contributed by atoms with Gasteiger partial charge in [0.25, 0.3) is 11.5 Å². The van der Waals surface area contributed by atoms with E-state index in [1.165, 1.54) is 4.40 Å². The predicted octanol–water partition coefficient (Wildman–Crippen LogP) is 2.05. The van der Waals surface area contributed by atoms with Crippen molar-refractivity contribution in [3.05, 3.63) is 95.3 Å². The Balaban J connectivity index is 1.80. The number of aromatic hydroxyl groups is 1. The number of rotatable bonds is 3. The monoisotopic (exact) mass is 370 g/mol. The second kappa shape index (κ2) is 6.31. The maximum Gasteiger partial charge on any atom is 0.354 e. The Morgan fingerprint density at radius 1 is 0.857 bits per heavy atom. The van der Waals surface area contributed by atoms with E-state index >= 15 is 0 Å². The second-order valence-electron chi connectivity index (χ2n) is 6.43. The summed E-state index contributed by atoms with van der Waals surface area (Å²) in [6.45, 7) is 0.255. The summed E-state index contributed by atoms with van der Waals surface area (Å²) in [5.74, 6) is 0.550. The van der Waals surface area contributed by atoms with Crippen LogP contribution in [0.4, 0.5) is 0 Å². The lowest BCUT2D eigenvalue weighted by Gasteiger charge is -2.09. The quantitative estimate of drug-likeness (QED) is 0.493. The molecule has 0 bridgehead atoms. The summed E-state index contributed by atoms with van der Waals surface area (Å²) in [7, 11) is 0. The van der Waals surface area contributed by atoms with E-state index in [0.29, 0.717) is 17.0 Å². The van der Waals surface area contributed by atoms with E-state index in [0.717, 1.165) is 5.65 Å². The summed E-state index contributed by atoms with van der Waals surface area (Å²) in [6, 6.07) is 20.2. The first-order chi connectivity index (χ1) is 13.7. The van der Waals surface area contributed by atoms with Crippen LogP contribution in [-0.4, -0.2) is 24.1 Å². The van der Waals surface area contributed by atoms with Gasteiger partial charge in [0.15, 0.2) is 23.6 Å². The van der Waals surface area contributed by atoms with E-state index in [4.69, 9.17) is 0 Å². The van der Waals surface area contributed by atoms with Crippen LogP contribution in [0.25, 0.3) is 22.4 Å². The first-order valence-electron chi connectivity index (χ1n) is 8.84. The van der Waals surface area contributed by atoms with E-state index in [-0.39, 0.29) is 23.5 Å². The Hall–Kier alpha value is -4.00. The van der Waals surface area contributed by atoms with E-state index < -0.39 is 0 Å². The fourth-order valence-corrected chi connectivity index (χ4v) is 3.44. The zero-order valence-electron chi connectivity index (χ0n) is 14.8. The summed E-state index contributed by atoms with van der Waals surface area (Å²) in [6.07, 6.45) is 3.57. The van der Waals surface area contributed by atoms with Crippen molar-refractivity contribution in [3.8, 4) is 17.0 Å². The fourth-order valence-electron chi connectivity index (χ4n) is 3.44. The highest BCUT2D eigenvalue weighted by Gasteiger charge is 2.25. The van der Waals surface area contributed by atoms with Crippen LogP contribution >= 0.6 is 0 Å². The highest BCUT2D eigenvalue weighted by Crippen LogP contribution is 2.23. The van der Waals surface area contributed by atoms with Crippen LogP contribution in [0.15, 0.2) is 83.9 Å². The number of pyridine rings is 2. The fraction of sp³-hybridized carbons (Fsp3) is 0.0476. The molecule has 5 rings (SSSR count). The molecule has 0 saturated carbocycles. The van der Waals surface area contributed by atoms with Gasteiger partial charge < -0.3 is 5.11 Å².